The standard InChI is InChI=1S/C9H13N3O2/c1-6-2-3-8(14-6)12-5-4-7(10)11-9(12)13/h4-6,8H,2-3H2,1H3,(H2,10,11,13). The molecule has 2 rings (SSSR count). The molecule has 1 fully saturated rings. The summed E-state index contributed by atoms with van der Waals surface area (Å²) in [5, 5.41) is 0. The zero-order chi connectivity index (χ0) is 10.1. The first-order valence-corrected chi connectivity index (χ1v) is 4.67. The minimum atomic E-state index is -0.343. The average Bonchev–Trinajstić information content (AvgIpc) is 2.51. The van der Waals surface area contributed by atoms with Gasteiger partial charge in [0.25, 0.3) is 0 Å². The van der Waals surface area contributed by atoms with E-state index in [1.165, 1.54) is 4.57 Å². The Morgan fingerprint density at radius 1 is 1.64 bits per heavy atom. The van der Waals surface area contributed by atoms with Gasteiger partial charge in [-0.05, 0) is 25.8 Å². The summed E-state index contributed by atoms with van der Waals surface area (Å²) in [7, 11) is 0. The highest BCUT2D eigenvalue weighted by Gasteiger charge is 2.23. The van der Waals surface area contributed by atoms with E-state index in [9.17, 15) is 4.79 Å². The van der Waals surface area contributed by atoms with Crippen LogP contribution in [0.4, 0.5) is 5.82 Å². The van der Waals surface area contributed by atoms with Gasteiger partial charge in [-0.1, -0.05) is 0 Å². The summed E-state index contributed by atoms with van der Waals surface area (Å²) in [5.74, 6) is 0.247. The van der Waals surface area contributed by atoms with Crippen LogP contribution in [0.5, 0.6) is 0 Å². The quantitative estimate of drug-likeness (QED) is 0.709. The molecule has 0 amide bonds. The largest absolute Gasteiger partial charge is 0.383 e. The van der Waals surface area contributed by atoms with Gasteiger partial charge in [-0.25, -0.2) is 4.79 Å². The molecular formula is C9H13N3O2. The Kier molecular flexibility index (Phi) is 2.25. The zero-order valence-corrected chi connectivity index (χ0v) is 8.01. The Bertz CT molecular complexity index is 388. The van der Waals surface area contributed by atoms with Gasteiger partial charge < -0.3 is 10.5 Å². The zero-order valence-electron chi connectivity index (χ0n) is 8.01. The molecule has 0 aromatic carbocycles. The van der Waals surface area contributed by atoms with E-state index in [1.807, 2.05) is 6.92 Å². The number of hydrogen-bond acceptors (Lipinski definition) is 4. The summed E-state index contributed by atoms with van der Waals surface area (Å²) in [6.45, 7) is 2.00. The van der Waals surface area contributed by atoms with E-state index in [-0.39, 0.29) is 23.8 Å². The number of nitrogens with zero attached hydrogens (tertiary/aromatic N) is 2. The Morgan fingerprint density at radius 3 is 3.00 bits per heavy atom. The molecular weight excluding hydrogens is 182 g/mol. The van der Waals surface area contributed by atoms with Crippen molar-refractivity contribution in [3.63, 3.8) is 0 Å². The maximum absolute atomic E-state index is 11.4. The molecule has 0 bridgehead atoms. The summed E-state index contributed by atoms with van der Waals surface area (Å²) >= 11 is 0. The summed E-state index contributed by atoms with van der Waals surface area (Å²) in [5.41, 5.74) is 5.04. The number of anilines is 1. The molecule has 2 heterocycles. The van der Waals surface area contributed by atoms with Crippen molar-refractivity contribution in [3.05, 3.63) is 22.7 Å². The van der Waals surface area contributed by atoms with Crippen LogP contribution in [0.2, 0.25) is 0 Å². The molecule has 76 valence electrons. The Hall–Kier alpha value is -1.36. The van der Waals surface area contributed by atoms with Crippen LogP contribution < -0.4 is 11.4 Å². The Labute approximate surface area is 81.5 Å². The van der Waals surface area contributed by atoms with Gasteiger partial charge in [-0.3, -0.25) is 4.57 Å². The van der Waals surface area contributed by atoms with Crippen LogP contribution >= 0.6 is 0 Å². The molecule has 5 nitrogen and oxygen atoms in total. The first-order chi connectivity index (χ1) is 6.66. The lowest BCUT2D eigenvalue weighted by Gasteiger charge is -2.13. The molecule has 5 heteroatoms. The molecule has 2 atom stereocenters. The third kappa shape index (κ3) is 1.63. The summed E-state index contributed by atoms with van der Waals surface area (Å²) in [6.07, 6.45) is 3.50. The number of rotatable bonds is 1. The predicted molar refractivity (Wildman–Crippen MR) is 51.7 cm³/mol. The highest BCUT2D eigenvalue weighted by atomic mass is 16.5. The molecule has 0 saturated carbocycles. The number of ether oxygens (including phenoxy) is 1. The fourth-order valence-electron chi connectivity index (χ4n) is 1.63. The van der Waals surface area contributed by atoms with Crippen LogP contribution in [0.25, 0.3) is 0 Å². The fraction of sp³-hybridized carbons (Fsp3) is 0.556. The molecule has 1 aromatic heterocycles. The summed E-state index contributed by atoms with van der Waals surface area (Å²) < 4.78 is 7.04. The highest BCUT2D eigenvalue weighted by molar-refractivity contribution is 5.23. The monoisotopic (exact) mass is 195 g/mol. The lowest BCUT2D eigenvalue weighted by Crippen LogP contribution is -2.27. The van der Waals surface area contributed by atoms with E-state index < -0.39 is 0 Å². The number of hydrogen-bond donors (Lipinski definition) is 1. The number of nitrogens with two attached hydrogens (primary N) is 1. The van der Waals surface area contributed by atoms with Crippen molar-refractivity contribution in [2.45, 2.75) is 32.1 Å². The van der Waals surface area contributed by atoms with Gasteiger partial charge >= 0.3 is 5.69 Å². The molecule has 2 unspecified atom stereocenters. The molecule has 2 N–H and O–H groups in total. The Morgan fingerprint density at radius 2 is 2.43 bits per heavy atom. The second kappa shape index (κ2) is 3.42. The predicted octanol–water partition coefficient (Wildman–Crippen LogP) is 0.523. The van der Waals surface area contributed by atoms with E-state index >= 15 is 0 Å². The normalized spacial score (nSPS) is 26.6. The van der Waals surface area contributed by atoms with E-state index in [0.717, 1.165) is 12.8 Å². The van der Waals surface area contributed by atoms with Crippen LogP contribution in [-0.4, -0.2) is 15.7 Å². The molecule has 0 radical (unpaired) electrons. The average molecular weight is 195 g/mol. The number of aromatic nitrogens is 2. The van der Waals surface area contributed by atoms with Crippen molar-refractivity contribution in [3.8, 4) is 0 Å². The van der Waals surface area contributed by atoms with Gasteiger partial charge in [0.2, 0.25) is 0 Å². The summed E-state index contributed by atoms with van der Waals surface area (Å²) in [6, 6.07) is 1.60. The van der Waals surface area contributed by atoms with Gasteiger partial charge in [-0.15, -0.1) is 0 Å². The van der Waals surface area contributed by atoms with Gasteiger partial charge in [-0.2, -0.15) is 4.98 Å². The third-order valence-corrected chi connectivity index (χ3v) is 2.37. The van der Waals surface area contributed by atoms with Crippen LogP contribution in [-0.2, 0) is 4.74 Å². The summed E-state index contributed by atoms with van der Waals surface area (Å²) in [4.78, 5) is 15.1. The molecule has 14 heavy (non-hydrogen) atoms. The highest BCUT2D eigenvalue weighted by Crippen LogP contribution is 2.26. The fourth-order valence-corrected chi connectivity index (χ4v) is 1.63. The minimum Gasteiger partial charge on any atom is -0.383 e. The smallest absolute Gasteiger partial charge is 0.351 e. The molecule has 1 saturated heterocycles. The number of nitrogen functional groups attached to an aromatic ring is 1. The minimum absolute atomic E-state index is 0.175. The Balaban J connectivity index is 2.29. The van der Waals surface area contributed by atoms with E-state index in [2.05, 4.69) is 4.98 Å². The van der Waals surface area contributed by atoms with Crippen LogP contribution in [0.1, 0.15) is 26.0 Å². The lowest BCUT2D eigenvalue weighted by atomic mass is 10.2. The maximum atomic E-state index is 11.4. The van der Waals surface area contributed by atoms with Crippen LogP contribution in [0.15, 0.2) is 17.1 Å². The molecule has 1 aromatic rings. The SMILES string of the molecule is CC1CCC(n2ccc(N)nc2=O)O1. The van der Waals surface area contributed by atoms with Gasteiger partial charge in [0.1, 0.15) is 12.0 Å². The van der Waals surface area contributed by atoms with Gasteiger partial charge in [0.15, 0.2) is 0 Å². The van der Waals surface area contributed by atoms with Crippen LogP contribution in [0, 0.1) is 0 Å². The molecule has 0 spiro atoms. The van der Waals surface area contributed by atoms with E-state index in [1.54, 1.807) is 12.3 Å². The molecule has 1 aliphatic rings. The molecule has 0 aliphatic carbocycles. The van der Waals surface area contributed by atoms with E-state index in [0.29, 0.717) is 0 Å². The first-order valence-electron chi connectivity index (χ1n) is 4.67. The van der Waals surface area contributed by atoms with Crippen molar-refractivity contribution in [1.82, 2.24) is 9.55 Å². The van der Waals surface area contributed by atoms with Crippen molar-refractivity contribution >= 4 is 5.82 Å². The first kappa shape index (κ1) is 9.21. The second-order valence-electron chi connectivity index (χ2n) is 3.52. The van der Waals surface area contributed by atoms with Crippen LogP contribution in [0.3, 0.4) is 0 Å². The van der Waals surface area contributed by atoms with Gasteiger partial charge in [0, 0.05) is 6.20 Å². The van der Waals surface area contributed by atoms with Gasteiger partial charge in [0.05, 0.1) is 6.10 Å². The second-order valence-corrected chi connectivity index (χ2v) is 3.52. The topological polar surface area (TPSA) is 70.1 Å². The lowest BCUT2D eigenvalue weighted by molar-refractivity contribution is 0.00806. The van der Waals surface area contributed by atoms with E-state index in [4.69, 9.17) is 10.5 Å². The van der Waals surface area contributed by atoms with Crippen molar-refractivity contribution in [1.29, 1.82) is 0 Å². The molecule has 1 aliphatic heterocycles. The van der Waals surface area contributed by atoms with Crippen molar-refractivity contribution in [2.75, 3.05) is 5.73 Å². The van der Waals surface area contributed by atoms with Crippen molar-refractivity contribution in [2.24, 2.45) is 0 Å². The third-order valence-electron chi connectivity index (χ3n) is 2.37. The maximum Gasteiger partial charge on any atom is 0.351 e. The van der Waals surface area contributed by atoms with Crippen molar-refractivity contribution < 1.29 is 4.74 Å².